The van der Waals surface area contributed by atoms with Gasteiger partial charge in [-0.3, -0.25) is 9.59 Å². The molecule has 0 aliphatic rings. The van der Waals surface area contributed by atoms with E-state index < -0.39 is 0 Å². The molecule has 31 heavy (non-hydrogen) atoms. The second-order valence-corrected chi connectivity index (χ2v) is 8.51. The number of amides is 2. The number of carbonyl (C=O) groups excluding carboxylic acids is 2. The number of carbonyl (C=O) groups is 2. The number of anilines is 2. The molecular formula is C21H22N4O4S2. The number of aromatic nitrogens is 2. The van der Waals surface area contributed by atoms with Crippen molar-refractivity contribution in [2.45, 2.75) is 17.2 Å². The molecule has 3 rings (SSSR count). The predicted molar refractivity (Wildman–Crippen MR) is 122 cm³/mol. The third kappa shape index (κ3) is 6.97. The summed E-state index contributed by atoms with van der Waals surface area (Å²) >= 11 is 2.47. The van der Waals surface area contributed by atoms with Crippen LogP contribution in [0.2, 0.25) is 0 Å². The zero-order valence-corrected chi connectivity index (χ0v) is 18.7. The van der Waals surface area contributed by atoms with Crippen molar-refractivity contribution >= 4 is 45.7 Å². The van der Waals surface area contributed by atoms with Crippen molar-refractivity contribution in [3.05, 3.63) is 54.1 Å². The highest BCUT2D eigenvalue weighted by atomic mass is 32.2. The van der Waals surface area contributed by atoms with Crippen molar-refractivity contribution < 1.29 is 19.1 Å². The third-order valence-electron chi connectivity index (χ3n) is 4.15. The topological polar surface area (TPSA) is 102 Å². The highest BCUT2D eigenvalue weighted by molar-refractivity contribution is 8.01. The molecule has 8 nitrogen and oxygen atoms in total. The van der Waals surface area contributed by atoms with Crippen LogP contribution >= 0.6 is 23.1 Å². The van der Waals surface area contributed by atoms with Crippen molar-refractivity contribution in [3.8, 4) is 11.5 Å². The first kappa shape index (κ1) is 22.6. The first-order valence-corrected chi connectivity index (χ1v) is 11.2. The molecule has 3 aromatic rings. The van der Waals surface area contributed by atoms with Gasteiger partial charge in [-0.25, -0.2) is 0 Å². The van der Waals surface area contributed by atoms with Gasteiger partial charge in [0.2, 0.25) is 16.9 Å². The summed E-state index contributed by atoms with van der Waals surface area (Å²) in [5.41, 5.74) is 1.66. The molecule has 0 radical (unpaired) electrons. The average Bonchev–Trinajstić information content (AvgIpc) is 3.24. The number of benzene rings is 2. The Morgan fingerprint density at radius 1 is 1.00 bits per heavy atom. The first-order chi connectivity index (χ1) is 15.1. The van der Waals surface area contributed by atoms with Crippen molar-refractivity contribution in [3.63, 3.8) is 0 Å². The van der Waals surface area contributed by atoms with E-state index in [1.807, 2.05) is 30.3 Å². The third-order valence-corrected chi connectivity index (χ3v) is 6.12. The number of hydrogen-bond acceptors (Lipinski definition) is 8. The van der Waals surface area contributed by atoms with Crippen molar-refractivity contribution in [1.82, 2.24) is 10.2 Å². The summed E-state index contributed by atoms with van der Waals surface area (Å²) < 4.78 is 11.0. The molecule has 2 amide bonds. The fraction of sp³-hybridized carbons (Fsp3) is 0.238. The van der Waals surface area contributed by atoms with Gasteiger partial charge >= 0.3 is 0 Å². The molecule has 0 atom stereocenters. The number of hydrogen-bond donors (Lipinski definition) is 2. The quantitative estimate of drug-likeness (QED) is 0.351. The van der Waals surface area contributed by atoms with E-state index in [-0.39, 0.29) is 17.6 Å². The van der Waals surface area contributed by atoms with Gasteiger partial charge < -0.3 is 20.1 Å². The van der Waals surface area contributed by atoms with Crippen LogP contribution in [0.15, 0.2) is 52.9 Å². The van der Waals surface area contributed by atoms with Gasteiger partial charge in [-0.05, 0) is 24.1 Å². The highest BCUT2D eigenvalue weighted by Gasteiger charge is 2.13. The van der Waals surface area contributed by atoms with E-state index in [1.165, 1.54) is 30.2 Å². The Labute approximate surface area is 188 Å². The molecule has 0 fully saturated rings. The Morgan fingerprint density at radius 2 is 1.81 bits per heavy atom. The molecule has 0 saturated carbocycles. The minimum absolute atomic E-state index is 0.124. The molecule has 1 aromatic heterocycles. The minimum atomic E-state index is -0.211. The molecule has 0 spiro atoms. The first-order valence-electron chi connectivity index (χ1n) is 9.39. The molecule has 0 aliphatic heterocycles. The maximum Gasteiger partial charge on any atom is 0.234 e. The molecule has 0 aliphatic carbocycles. The SMILES string of the molecule is COc1ccc(NC(=O)CSc2nnc(NC(=O)CCc3ccccc3)s2)c(OC)c1. The molecule has 162 valence electrons. The summed E-state index contributed by atoms with van der Waals surface area (Å²) in [5, 5.41) is 14.0. The lowest BCUT2D eigenvalue weighted by molar-refractivity contribution is -0.116. The van der Waals surface area contributed by atoms with Crippen LogP contribution < -0.4 is 20.1 Å². The van der Waals surface area contributed by atoms with Gasteiger partial charge in [-0.15, -0.1) is 10.2 Å². The summed E-state index contributed by atoms with van der Waals surface area (Å²) in [7, 11) is 3.09. The van der Waals surface area contributed by atoms with E-state index in [2.05, 4.69) is 20.8 Å². The molecule has 1 heterocycles. The van der Waals surface area contributed by atoms with E-state index in [1.54, 1.807) is 25.3 Å². The number of methoxy groups -OCH3 is 2. The van der Waals surface area contributed by atoms with Crippen molar-refractivity contribution in [2.24, 2.45) is 0 Å². The maximum absolute atomic E-state index is 12.3. The summed E-state index contributed by atoms with van der Waals surface area (Å²) in [6.07, 6.45) is 1.01. The number of ether oxygens (including phenoxy) is 2. The van der Waals surface area contributed by atoms with E-state index in [9.17, 15) is 9.59 Å². The standard InChI is InChI=1S/C21H22N4O4S2/c1-28-15-9-10-16(17(12-15)29-2)22-19(27)13-30-21-25-24-20(31-21)23-18(26)11-8-14-6-4-3-5-7-14/h3-7,9-10,12H,8,11,13H2,1-2H3,(H,22,27)(H,23,24,26). The normalized spacial score (nSPS) is 10.4. The maximum atomic E-state index is 12.3. The average molecular weight is 459 g/mol. The van der Waals surface area contributed by atoms with Crippen LogP contribution in [-0.2, 0) is 16.0 Å². The fourth-order valence-corrected chi connectivity index (χ4v) is 4.19. The van der Waals surface area contributed by atoms with Gasteiger partial charge in [-0.1, -0.05) is 53.4 Å². The molecule has 0 bridgehead atoms. The summed E-state index contributed by atoms with van der Waals surface area (Å²) in [6, 6.07) is 15.0. The zero-order valence-electron chi connectivity index (χ0n) is 17.1. The van der Waals surface area contributed by atoms with Gasteiger partial charge in [-0.2, -0.15) is 0 Å². The van der Waals surface area contributed by atoms with E-state index in [0.29, 0.717) is 39.5 Å². The van der Waals surface area contributed by atoms with Crippen LogP contribution in [0.3, 0.4) is 0 Å². The van der Waals surface area contributed by atoms with Crippen molar-refractivity contribution in [1.29, 1.82) is 0 Å². The number of aryl methyl sites for hydroxylation is 1. The van der Waals surface area contributed by atoms with Crippen LogP contribution in [0.5, 0.6) is 11.5 Å². The smallest absolute Gasteiger partial charge is 0.234 e. The van der Waals surface area contributed by atoms with Crippen LogP contribution in [0.4, 0.5) is 10.8 Å². The number of rotatable bonds is 10. The molecule has 10 heteroatoms. The Bertz CT molecular complexity index is 1030. The Balaban J connectivity index is 1.45. The zero-order chi connectivity index (χ0) is 22.1. The monoisotopic (exact) mass is 458 g/mol. The molecule has 0 unspecified atom stereocenters. The molecular weight excluding hydrogens is 436 g/mol. The summed E-state index contributed by atoms with van der Waals surface area (Å²) in [6.45, 7) is 0. The van der Waals surface area contributed by atoms with Gasteiger partial charge in [0.25, 0.3) is 0 Å². The Morgan fingerprint density at radius 3 is 2.55 bits per heavy atom. The largest absolute Gasteiger partial charge is 0.497 e. The van der Waals surface area contributed by atoms with Gasteiger partial charge in [0, 0.05) is 12.5 Å². The fourth-order valence-electron chi connectivity index (χ4n) is 2.62. The van der Waals surface area contributed by atoms with Crippen LogP contribution in [0, 0.1) is 0 Å². The minimum Gasteiger partial charge on any atom is -0.497 e. The van der Waals surface area contributed by atoms with Crippen LogP contribution in [0.1, 0.15) is 12.0 Å². The summed E-state index contributed by atoms with van der Waals surface area (Å²) in [5.74, 6) is 0.953. The van der Waals surface area contributed by atoms with Gasteiger partial charge in [0.1, 0.15) is 11.5 Å². The lowest BCUT2D eigenvalue weighted by Gasteiger charge is -2.11. The number of nitrogens with zero attached hydrogens (tertiary/aromatic N) is 2. The van der Waals surface area contributed by atoms with E-state index >= 15 is 0 Å². The number of nitrogens with one attached hydrogen (secondary N) is 2. The van der Waals surface area contributed by atoms with Crippen LogP contribution in [0.25, 0.3) is 0 Å². The Hall–Kier alpha value is -3.11. The van der Waals surface area contributed by atoms with Crippen LogP contribution in [-0.4, -0.2) is 42.0 Å². The lowest BCUT2D eigenvalue weighted by Crippen LogP contribution is -2.14. The van der Waals surface area contributed by atoms with Gasteiger partial charge in [0.15, 0.2) is 4.34 Å². The Kier molecular flexibility index (Phi) is 8.25. The predicted octanol–water partition coefficient (Wildman–Crippen LogP) is 3.86. The van der Waals surface area contributed by atoms with E-state index in [0.717, 1.165) is 5.56 Å². The number of thioether (sulfide) groups is 1. The molecule has 2 aromatic carbocycles. The molecule has 2 N–H and O–H groups in total. The van der Waals surface area contributed by atoms with E-state index in [4.69, 9.17) is 9.47 Å². The van der Waals surface area contributed by atoms with Gasteiger partial charge in [0.05, 0.1) is 25.7 Å². The second-order valence-electron chi connectivity index (χ2n) is 6.31. The lowest BCUT2D eigenvalue weighted by atomic mass is 10.1. The van der Waals surface area contributed by atoms with Crippen molar-refractivity contribution in [2.75, 3.05) is 30.6 Å². The second kappa shape index (κ2) is 11.3. The summed E-state index contributed by atoms with van der Waals surface area (Å²) in [4.78, 5) is 24.4. The molecule has 0 saturated heterocycles. The highest BCUT2D eigenvalue weighted by Crippen LogP contribution is 2.30.